The number of nitrogens with two attached hydrogens (primary N) is 1. The van der Waals surface area contributed by atoms with Gasteiger partial charge in [0.05, 0.1) is 10.2 Å². The predicted molar refractivity (Wildman–Crippen MR) is 75.6 cm³/mol. The van der Waals surface area contributed by atoms with Crippen LogP contribution in [0.25, 0.3) is 10.2 Å². The van der Waals surface area contributed by atoms with Crippen molar-refractivity contribution in [2.24, 2.45) is 11.7 Å². The smallest absolute Gasteiger partial charge is 0.151 e. The van der Waals surface area contributed by atoms with Crippen molar-refractivity contribution in [3.63, 3.8) is 0 Å². The normalized spacial score (nSPS) is 28.9. The molecule has 2 nitrogen and oxygen atoms in total. The van der Waals surface area contributed by atoms with E-state index in [1.165, 1.54) is 15.5 Å². The van der Waals surface area contributed by atoms with E-state index < -0.39 is 0 Å². The van der Waals surface area contributed by atoms with Gasteiger partial charge in [0.25, 0.3) is 0 Å². The van der Waals surface area contributed by atoms with Gasteiger partial charge >= 0.3 is 0 Å². The van der Waals surface area contributed by atoms with Gasteiger partial charge < -0.3 is 5.73 Å². The summed E-state index contributed by atoms with van der Waals surface area (Å²) in [4.78, 5) is 4.68. The quantitative estimate of drug-likeness (QED) is 0.902. The van der Waals surface area contributed by atoms with Gasteiger partial charge in [-0.3, -0.25) is 0 Å². The van der Waals surface area contributed by atoms with Crippen LogP contribution < -0.4 is 5.73 Å². The number of benzene rings is 1. The number of hydrogen-bond acceptors (Lipinski definition) is 4. The van der Waals surface area contributed by atoms with E-state index in [9.17, 15) is 0 Å². The highest BCUT2D eigenvalue weighted by atomic mass is 32.2. The molecule has 3 atom stereocenters. The molecule has 0 aliphatic heterocycles. The van der Waals surface area contributed by atoms with Gasteiger partial charge in [-0.25, -0.2) is 4.98 Å². The fourth-order valence-corrected chi connectivity index (χ4v) is 4.97. The molecule has 0 saturated heterocycles. The minimum atomic E-state index is 0.377. The maximum Gasteiger partial charge on any atom is 0.151 e. The summed E-state index contributed by atoms with van der Waals surface area (Å²) >= 11 is 3.71. The Balaban J connectivity index is 1.81. The SMILES string of the molecule is CC1C(N)CCC1Sc1nc2ccccc2s1. The first-order valence-electron chi connectivity index (χ1n) is 6.02. The molecule has 1 heterocycles. The topological polar surface area (TPSA) is 38.9 Å². The lowest BCUT2D eigenvalue weighted by molar-refractivity contribution is 0.535. The first-order valence-corrected chi connectivity index (χ1v) is 7.71. The van der Waals surface area contributed by atoms with Gasteiger partial charge in [-0.15, -0.1) is 11.3 Å². The van der Waals surface area contributed by atoms with Crippen molar-refractivity contribution in [1.29, 1.82) is 0 Å². The van der Waals surface area contributed by atoms with Crippen LogP contribution in [0, 0.1) is 5.92 Å². The molecule has 3 unspecified atom stereocenters. The molecule has 1 aliphatic carbocycles. The first-order chi connectivity index (χ1) is 8.24. The molecule has 90 valence electrons. The Morgan fingerprint density at radius 3 is 2.88 bits per heavy atom. The maximum atomic E-state index is 6.07. The fraction of sp³-hybridized carbons (Fsp3) is 0.462. The Morgan fingerprint density at radius 1 is 1.35 bits per heavy atom. The van der Waals surface area contributed by atoms with E-state index in [1.54, 1.807) is 11.3 Å². The van der Waals surface area contributed by atoms with Crippen LogP contribution in [0.2, 0.25) is 0 Å². The highest BCUT2D eigenvalue weighted by Gasteiger charge is 2.31. The summed E-state index contributed by atoms with van der Waals surface area (Å²) in [6.07, 6.45) is 2.38. The van der Waals surface area contributed by atoms with Crippen molar-refractivity contribution in [3.05, 3.63) is 24.3 Å². The van der Waals surface area contributed by atoms with E-state index in [1.807, 2.05) is 17.8 Å². The standard InChI is InChI=1S/C13H16N2S2/c1-8-9(14)6-7-11(8)16-13-15-10-4-2-3-5-12(10)17-13/h2-5,8-9,11H,6-7,14H2,1H3. The van der Waals surface area contributed by atoms with Gasteiger partial charge in [0.2, 0.25) is 0 Å². The highest BCUT2D eigenvalue weighted by molar-refractivity contribution is 8.01. The van der Waals surface area contributed by atoms with Crippen molar-refractivity contribution in [1.82, 2.24) is 4.98 Å². The Morgan fingerprint density at radius 2 is 2.18 bits per heavy atom. The molecule has 2 aromatic rings. The zero-order chi connectivity index (χ0) is 11.8. The summed E-state index contributed by atoms with van der Waals surface area (Å²) in [6, 6.07) is 8.72. The number of thiazole rings is 1. The van der Waals surface area contributed by atoms with Crippen molar-refractivity contribution in [2.75, 3.05) is 0 Å². The maximum absolute atomic E-state index is 6.07. The molecule has 1 aromatic heterocycles. The molecule has 0 spiro atoms. The van der Waals surface area contributed by atoms with Crippen LogP contribution in [0.5, 0.6) is 0 Å². The van der Waals surface area contributed by atoms with E-state index in [2.05, 4.69) is 30.1 Å². The van der Waals surface area contributed by atoms with E-state index in [0.29, 0.717) is 17.2 Å². The third-order valence-corrected chi connectivity index (χ3v) is 6.20. The van der Waals surface area contributed by atoms with Gasteiger partial charge in [0, 0.05) is 11.3 Å². The lowest BCUT2D eigenvalue weighted by Crippen LogP contribution is -2.25. The van der Waals surface area contributed by atoms with Gasteiger partial charge in [-0.2, -0.15) is 0 Å². The minimum absolute atomic E-state index is 0.377. The van der Waals surface area contributed by atoms with Crippen LogP contribution in [0.3, 0.4) is 0 Å². The summed E-state index contributed by atoms with van der Waals surface area (Å²) in [5.41, 5.74) is 7.19. The van der Waals surface area contributed by atoms with E-state index in [0.717, 1.165) is 11.9 Å². The Kier molecular flexibility index (Phi) is 3.11. The molecule has 1 saturated carbocycles. The molecular weight excluding hydrogens is 248 g/mol. The second kappa shape index (κ2) is 4.59. The molecule has 1 aromatic carbocycles. The van der Waals surface area contributed by atoms with E-state index in [-0.39, 0.29) is 0 Å². The molecule has 1 aliphatic rings. The molecule has 17 heavy (non-hydrogen) atoms. The van der Waals surface area contributed by atoms with Crippen LogP contribution in [0.1, 0.15) is 19.8 Å². The summed E-state index contributed by atoms with van der Waals surface area (Å²) in [5.74, 6) is 0.604. The van der Waals surface area contributed by atoms with Crippen molar-refractivity contribution in [2.45, 2.75) is 35.4 Å². The monoisotopic (exact) mass is 264 g/mol. The number of thioether (sulfide) groups is 1. The van der Waals surface area contributed by atoms with Gasteiger partial charge in [-0.1, -0.05) is 30.8 Å². The van der Waals surface area contributed by atoms with Crippen LogP contribution in [-0.4, -0.2) is 16.3 Å². The molecular formula is C13H16N2S2. The zero-order valence-corrected chi connectivity index (χ0v) is 11.4. The largest absolute Gasteiger partial charge is 0.327 e. The van der Waals surface area contributed by atoms with Crippen molar-refractivity contribution in [3.8, 4) is 0 Å². The highest BCUT2D eigenvalue weighted by Crippen LogP contribution is 2.40. The lowest BCUT2D eigenvalue weighted by Gasteiger charge is -2.15. The molecule has 4 heteroatoms. The van der Waals surface area contributed by atoms with Crippen LogP contribution in [0.4, 0.5) is 0 Å². The summed E-state index contributed by atoms with van der Waals surface area (Å²) in [7, 11) is 0. The average Bonchev–Trinajstić information content (AvgIpc) is 2.87. The van der Waals surface area contributed by atoms with Crippen LogP contribution in [0.15, 0.2) is 28.6 Å². The second-order valence-electron chi connectivity index (χ2n) is 4.70. The van der Waals surface area contributed by atoms with Crippen molar-refractivity contribution < 1.29 is 0 Å². The molecule has 2 N–H and O–H groups in total. The molecule has 0 radical (unpaired) electrons. The third-order valence-electron chi connectivity index (χ3n) is 3.57. The van der Waals surface area contributed by atoms with Gasteiger partial charge in [-0.05, 0) is 30.9 Å². The van der Waals surface area contributed by atoms with Crippen LogP contribution >= 0.6 is 23.1 Å². The Labute approximate surface area is 110 Å². The number of nitrogens with zero attached hydrogens (tertiary/aromatic N) is 1. The number of fused-ring (bicyclic) bond motifs is 1. The molecule has 3 rings (SSSR count). The second-order valence-corrected chi connectivity index (χ2v) is 7.22. The summed E-state index contributed by atoms with van der Waals surface area (Å²) in [5, 5.41) is 0.644. The number of aromatic nitrogens is 1. The zero-order valence-electron chi connectivity index (χ0n) is 9.80. The number of rotatable bonds is 2. The fourth-order valence-electron chi connectivity index (χ4n) is 2.36. The van der Waals surface area contributed by atoms with Gasteiger partial charge in [0.15, 0.2) is 4.34 Å². The predicted octanol–water partition coefficient (Wildman–Crippen LogP) is 3.51. The lowest BCUT2D eigenvalue weighted by atomic mass is 10.1. The number of para-hydroxylation sites is 1. The van der Waals surface area contributed by atoms with Gasteiger partial charge in [0.1, 0.15) is 0 Å². The van der Waals surface area contributed by atoms with E-state index in [4.69, 9.17) is 5.73 Å². The third kappa shape index (κ3) is 2.21. The minimum Gasteiger partial charge on any atom is -0.327 e. The van der Waals surface area contributed by atoms with Crippen LogP contribution in [-0.2, 0) is 0 Å². The molecule has 1 fully saturated rings. The summed E-state index contributed by atoms with van der Waals surface area (Å²) < 4.78 is 2.47. The molecule has 0 bridgehead atoms. The molecule has 0 amide bonds. The Hall–Kier alpha value is -0.580. The van der Waals surface area contributed by atoms with E-state index >= 15 is 0 Å². The number of hydrogen-bond donors (Lipinski definition) is 1. The van der Waals surface area contributed by atoms with Crippen molar-refractivity contribution >= 4 is 33.3 Å². The summed E-state index contributed by atoms with van der Waals surface area (Å²) in [6.45, 7) is 2.27. The first kappa shape index (κ1) is 11.5. The Bertz CT molecular complexity index is 490. The average molecular weight is 264 g/mol.